The van der Waals surface area contributed by atoms with Crippen molar-refractivity contribution in [3.63, 3.8) is 0 Å². The largest absolute Gasteiger partial charge is 0.395 e. The summed E-state index contributed by atoms with van der Waals surface area (Å²) in [6.07, 6.45) is 0.674. The maximum atomic E-state index is 13.5. The van der Waals surface area contributed by atoms with Crippen molar-refractivity contribution in [3.8, 4) is 0 Å². The van der Waals surface area contributed by atoms with E-state index in [0.29, 0.717) is 17.9 Å². The number of aliphatic hydroxyl groups is 1. The lowest BCUT2D eigenvalue weighted by molar-refractivity contribution is 0.212. The summed E-state index contributed by atoms with van der Waals surface area (Å²) in [5, 5.41) is 9.74. The lowest BCUT2D eigenvalue weighted by Gasteiger charge is -2.28. The molecule has 5 heteroatoms. The lowest BCUT2D eigenvalue weighted by Crippen LogP contribution is -2.38. The molecule has 148 valence electrons. The minimum Gasteiger partial charge on any atom is -0.395 e. The molecule has 1 aromatic carbocycles. The Labute approximate surface area is 159 Å². The van der Waals surface area contributed by atoms with Crippen LogP contribution in [0.25, 0.3) is 0 Å². The zero-order valence-corrected chi connectivity index (χ0v) is 18.4. The number of hydrogen-bond acceptors (Lipinski definition) is 3. The van der Waals surface area contributed by atoms with Gasteiger partial charge in [0.05, 0.1) is 11.5 Å². The van der Waals surface area contributed by atoms with Gasteiger partial charge in [0.1, 0.15) is 0 Å². The molecule has 26 heavy (non-hydrogen) atoms. The average molecular weight is 382 g/mol. The van der Waals surface area contributed by atoms with Crippen LogP contribution in [0.5, 0.6) is 0 Å². The molecule has 1 N–H and O–H groups in total. The molecule has 1 atom stereocenters. The first-order chi connectivity index (χ1) is 11.6. The fraction of sp³-hybridized carbons (Fsp3) is 0.714. The Morgan fingerprint density at radius 2 is 1.50 bits per heavy atom. The first-order valence-corrected chi connectivity index (χ1v) is 10.8. The van der Waals surface area contributed by atoms with Crippen molar-refractivity contribution in [2.45, 2.75) is 83.6 Å². The molecule has 4 nitrogen and oxygen atoms in total. The summed E-state index contributed by atoms with van der Waals surface area (Å²) in [7, 11) is -3.66. The van der Waals surface area contributed by atoms with Gasteiger partial charge in [-0.25, -0.2) is 8.42 Å². The summed E-state index contributed by atoms with van der Waals surface area (Å²) in [5.41, 5.74) is 1.61. The minimum absolute atomic E-state index is 0.130. The number of aliphatic hydroxyl groups excluding tert-OH is 1. The van der Waals surface area contributed by atoms with Crippen LogP contribution in [-0.4, -0.2) is 37.0 Å². The van der Waals surface area contributed by atoms with E-state index in [0.717, 1.165) is 11.1 Å². The van der Waals surface area contributed by atoms with Gasteiger partial charge in [0.2, 0.25) is 10.0 Å². The van der Waals surface area contributed by atoms with Crippen molar-refractivity contribution < 1.29 is 13.5 Å². The van der Waals surface area contributed by atoms with Gasteiger partial charge in [0.15, 0.2) is 0 Å². The van der Waals surface area contributed by atoms with E-state index in [9.17, 15) is 13.5 Å². The lowest BCUT2D eigenvalue weighted by atomic mass is 9.81. The third kappa shape index (κ3) is 4.32. The Morgan fingerprint density at radius 1 is 1.04 bits per heavy atom. The van der Waals surface area contributed by atoms with E-state index in [1.54, 1.807) is 0 Å². The van der Waals surface area contributed by atoms with Crippen molar-refractivity contribution in [2.75, 3.05) is 13.2 Å². The second kappa shape index (κ2) is 6.61. The molecule has 1 saturated heterocycles. The molecule has 1 aromatic rings. The molecular formula is C21H35NO3S. The van der Waals surface area contributed by atoms with Gasteiger partial charge in [0.25, 0.3) is 0 Å². The summed E-state index contributed by atoms with van der Waals surface area (Å²) < 4.78 is 28.4. The first-order valence-electron chi connectivity index (χ1n) is 9.37. The second-order valence-electron chi connectivity index (χ2n) is 10.5. The van der Waals surface area contributed by atoms with Gasteiger partial charge < -0.3 is 5.11 Å². The van der Waals surface area contributed by atoms with Gasteiger partial charge in [-0.1, -0.05) is 61.5 Å². The van der Waals surface area contributed by atoms with Gasteiger partial charge in [-0.3, -0.25) is 0 Å². The third-order valence-corrected chi connectivity index (χ3v) is 7.11. The predicted octanol–water partition coefficient (Wildman–Crippen LogP) is 4.06. The molecule has 0 spiro atoms. The molecule has 0 bridgehead atoms. The maximum Gasteiger partial charge on any atom is 0.243 e. The van der Waals surface area contributed by atoms with Crippen LogP contribution in [0, 0.1) is 5.41 Å². The second-order valence-corrected chi connectivity index (χ2v) is 12.4. The summed E-state index contributed by atoms with van der Waals surface area (Å²) in [5.74, 6) is 0. The Bertz CT molecular complexity index is 735. The van der Waals surface area contributed by atoms with E-state index < -0.39 is 10.0 Å². The summed E-state index contributed by atoms with van der Waals surface area (Å²) in [4.78, 5) is 0.339. The van der Waals surface area contributed by atoms with Crippen molar-refractivity contribution in [2.24, 2.45) is 5.41 Å². The fourth-order valence-corrected chi connectivity index (χ4v) is 5.42. The molecule has 1 aliphatic heterocycles. The summed E-state index contributed by atoms with van der Waals surface area (Å²) in [6, 6.07) is 5.39. The molecule has 0 aliphatic carbocycles. The van der Waals surface area contributed by atoms with Crippen LogP contribution < -0.4 is 0 Å². The molecular weight excluding hydrogens is 346 g/mol. The smallest absolute Gasteiger partial charge is 0.243 e. The van der Waals surface area contributed by atoms with Crippen molar-refractivity contribution in [1.82, 2.24) is 4.31 Å². The van der Waals surface area contributed by atoms with Gasteiger partial charge in [-0.05, 0) is 45.9 Å². The predicted molar refractivity (Wildman–Crippen MR) is 107 cm³/mol. The average Bonchev–Trinajstić information content (AvgIpc) is 2.81. The Kier molecular flexibility index (Phi) is 5.44. The molecule has 1 unspecified atom stereocenters. The molecule has 0 radical (unpaired) electrons. The van der Waals surface area contributed by atoms with E-state index >= 15 is 0 Å². The van der Waals surface area contributed by atoms with Crippen LogP contribution in [0.1, 0.15) is 72.9 Å². The van der Waals surface area contributed by atoms with Crippen LogP contribution in [0.2, 0.25) is 0 Å². The fourth-order valence-electron chi connectivity index (χ4n) is 3.54. The maximum absolute atomic E-state index is 13.5. The quantitative estimate of drug-likeness (QED) is 0.859. The van der Waals surface area contributed by atoms with Crippen LogP contribution in [0.4, 0.5) is 0 Å². The Morgan fingerprint density at radius 3 is 1.88 bits per heavy atom. The molecule has 2 rings (SSSR count). The summed E-state index contributed by atoms with van der Waals surface area (Å²) in [6.45, 7) is 17.0. The van der Waals surface area contributed by atoms with Crippen LogP contribution in [-0.2, 0) is 20.9 Å². The number of hydrogen-bond donors (Lipinski definition) is 1. The van der Waals surface area contributed by atoms with Crippen molar-refractivity contribution in [3.05, 3.63) is 29.3 Å². The number of nitrogens with zero attached hydrogens (tertiary/aromatic N) is 1. The highest BCUT2D eigenvalue weighted by Crippen LogP contribution is 2.39. The third-order valence-electron chi connectivity index (χ3n) is 5.24. The number of sulfonamides is 1. The SMILES string of the molecule is CC1(C)CC(CO)N(S(=O)(=O)c2cc(C(C)(C)C)cc(C(C)(C)C)c2)C1. The van der Waals surface area contributed by atoms with Crippen LogP contribution in [0.3, 0.4) is 0 Å². The normalized spacial score (nSPS) is 22.0. The summed E-state index contributed by atoms with van der Waals surface area (Å²) >= 11 is 0. The molecule has 0 aromatic heterocycles. The molecule has 1 fully saturated rings. The van der Waals surface area contributed by atoms with E-state index in [-0.39, 0.29) is 28.9 Å². The highest BCUT2D eigenvalue weighted by molar-refractivity contribution is 7.89. The molecule has 1 aliphatic rings. The van der Waals surface area contributed by atoms with E-state index in [4.69, 9.17) is 0 Å². The standard InChI is InChI=1S/C21H35NO3S/c1-19(2,3)15-9-16(20(4,5)6)11-18(10-15)26(24,25)22-14-21(7,8)12-17(22)13-23/h9-11,17,23H,12-14H2,1-8H3. The van der Waals surface area contributed by atoms with E-state index in [1.165, 1.54) is 4.31 Å². The van der Waals surface area contributed by atoms with Gasteiger partial charge >= 0.3 is 0 Å². The van der Waals surface area contributed by atoms with E-state index in [2.05, 4.69) is 61.5 Å². The molecule has 1 heterocycles. The molecule has 0 amide bonds. The van der Waals surface area contributed by atoms with Gasteiger partial charge in [0, 0.05) is 12.6 Å². The Hall–Kier alpha value is -0.910. The van der Waals surface area contributed by atoms with Crippen molar-refractivity contribution >= 4 is 10.0 Å². The number of benzene rings is 1. The monoisotopic (exact) mass is 381 g/mol. The van der Waals surface area contributed by atoms with Crippen LogP contribution >= 0.6 is 0 Å². The highest BCUT2D eigenvalue weighted by Gasteiger charge is 2.44. The topological polar surface area (TPSA) is 57.6 Å². The minimum atomic E-state index is -3.66. The van der Waals surface area contributed by atoms with Crippen molar-refractivity contribution in [1.29, 1.82) is 0 Å². The highest BCUT2D eigenvalue weighted by atomic mass is 32.2. The van der Waals surface area contributed by atoms with Crippen LogP contribution in [0.15, 0.2) is 23.1 Å². The first kappa shape index (κ1) is 21.4. The van der Waals surface area contributed by atoms with Gasteiger partial charge in [-0.2, -0.15) is 4.31 Å². The molecule has 0 saturated carbocycles. The van der Waals surface area contributed by atoms with Gasteiger partial charge in [-0.15, -0.1) is 0 Å². The zero-order valence-electron chi connectivity index (χ0n) is 17.5. The number of rotatable bonds is 3. The zero-order chi connectivity index (χ0) is 20.1. The Balaban J connectivity index is 2.62. The van der Waals surface area contributed by atoms with E-state index in [1.807, 2.05) is 12.1 Å².